The first-order chi connectivity index (χ1) is 13.8. The second-order valence-electron chi connectivity index (χ2n) is 8.01. The smallest absolute Gasteiger partial charge is 0.282 e. The Morgan fingerprint density at radius 2 is 1.52 bits per heavy atom. The molecule has 4 rings (SSSR count). The minimum atomic E-state index is -0.528. The summed E-state index contributed by atoms with van der Waals surface area (Å²) in [7, 11) is 0. The molecule has 4 nitrogen and oxygen atoms in total. The highest BCUT2D eigenvalue weighted by molar-refractivity contribution is 6.45. The topological polar surface area (TPSA) is 40.6 Å². The summed E-state index contributed by atoms with van der Waals surface area (Å²) in [5.41, 5.74) is 1.21. The van der Waals surface area contributed by atoms with Crippen molar-refractivity contribution in [3.05, 3.63) is 71.4 Å². The molecule has 29 heavy (non-hydrogen) atoms. The zero-order valence-electron chi connectivity index (χ0n) is 16.4. The van der Waals surface area contributed by atoms with Crippen molar-refractivity contribution in [3.8, 4) is 0 Å². The van der Waals surface area contributed by atoms with Crippen LogP contribution in [0.15, 0.2) is 54.2 Å². The highest BCUT2D eigenvalue weighted by Gasteiger charge is 2.43. The molecule has 2 aliphatic rings. The molecule has 2 aromatic rings. The minimum Gasteiger partial charge on any atom is -0.366 e. The molecule has 0 spiro atoms. The van der Waals surface area contributed by atoms with Gasteiger partial charge in [0.1, 0.15) is 17.3 Å². The number of carbonyl (C=O) groups excluding carboxylic acids is 2. The molecule has 2 aliphatic heterocycles. The number of hydrogen-bond acceptors (Lipinski definition) is 3. The molecule has 0 aromatic heterocycles. The van der Waals surface area contributed by atoms with E-state index in [0.29, 0.717) is 36.2 Å². The van der Waals surface area contributed by atoms with Crippen LogP contribution in [-0.2, 0) is 9.59 Å². The van der Waals surface area contributed by atoms with Crippen molar-refractivity contribution in [2.75, 3.05) is 18.0 Å². The second kappa shape index (κ2) is 7.43. The van der Waals surface area contributed by atoms with Crippen molar-refractivity contribution in [1.82, 2.24) is 4.90 Å². The average molecular weight is 396 g/mol. The van der Waals surface area contributed by atoms with Gasteiger partial charge in [-0.2, -0.15) is 0 Å². The number of carbonyl (C=O) groups is 2. The third-order valence-corrected chi connectivity index (χ3v) is 5.44. The Labute approximate surface area is 168 Å². The number of anilines is 1. The number of amides is 2. The molecule has 0 bridgehead atoms. The molecule has 150 valence electrons. The molecular weight excluding hydrogens is 374 g/mol. The van der Waals surface area contributed by atoms with E-state index in [1.165, 1.54) is 48.5 Å². The lowest BCUT2D eigenvalue weighted by Crippen LogP contribution is -2.42. The third-order valence-electron chi connectivity index (χ3n) is 5.44. The van der Waals surface area contributed by atoms with Crippen LogP contribution in [0.3, 0.4) is 0 Å². The van der Waals surface area contributed by atoms with E-state index in [0.717, 1.165) is 11.3 Å². The highest BCUT2D eigenvalue weighted by Crippen LogP contribution is 2.37. The summed E-state index contributed by atoms with van der Waals surface area (Å²) >= 11 is 0. The van der Waals surface area contributed by atoms with E-state index in [1.807, 2.05) is 4.90 Å². The number of halogens is 2. The van der Waals surface area contributed by atoms with Gasteiger partial charge in [0, 0.05) is 13.1 Å². The van der Waals surface area contributed by atoms with E-state index in [4.69, 9.17) is 0 Å². The van der Waals surface area contributed by atoms with Gasteiger partial charge in [0.05, 0.1) is 11.3 Å². The number of likely N-dealkylation sites (tertiary alicyclic amines) is 1. The van der Waals surface area contributed by atoms with Gasteiger partial charge in [0.15, 0.2) is 0 Å². The van der Waals surface area contributed by atoms with Gasteiger partial charge in [-0.1, -0.05) is 32.0 Å². The molecular formula is C23H22F2N2O2. The maximum atomic E-state index is 13.8. The number of nitrogens with zero attached hydrogens (tertiary/aromatic N) is 2. The lowest BCUT2D eigenvalue weighted by molar-refractivity contribution is -0.120. The summed E-state index contributed by atoms with van der Waals surface area (Å²) in [6.45, 7) is 5.54. The van der Waals surface area contributed by atoms with Crippen LogP contribution in [0.25, 0.3) is 5.57 Å². The molecule has 2 atom stereocenters. The van der Waals surface area contributed by atoms with Crippen LogP contribution in [-0.4, -0.2) is 29.8 Å². The molecule has 0 saturated carbocycles. The van der Waals surface area contributed by atoms with Crippen molar-refractivity contribution in [2.24, 2.45) is 11.8 Å². The fourth-order valence-electron chi connectivity index (χ4n) is 4.38. The van der Waals surface area contributed by atoms with Crippen molar-refractivity contribution < 1.29 is 18.4 Å². The standard InChI is InChI=1S/C23H22F2N2O2/c1-14-10-15(2)13-26(12-14)21-20(16-6-8-17(24)9-7-16)22(28)27(23(21)29)19-5-3-4-18(25)11-19/h3-9,11,14-15H,10,12-13H2,1-2H3. The summed E-state index contributed by atoms with van der Waals surface area (Å²) in [5.74, 6) is -1.21. The first-order valence-electron chi connectivity index (χ1n) is 9.74. The molecule has 2 unspecified atom stereocenters. The van der Waals surface area contributed by atoms with Crippen LogP contribution in [0, 0.1) is 23.5 Å². The van der Waals surface area contributed by atoms with Gasteiger partial charge in [-0.3, -0.25) is 9.59 Å². The van der Waals surface area contributed by atoms with Gasteiger partial charge in [-0.15, -0.1) is 0 Å². The fourth-order valence-corrected chi connectivity index (χ4v) is 4.38. The van der Waals surface area contributed by atoms with Crippen molar-refractivity contribution >= 4 is 23.1 Å². The van der Waals surface area contributed by atoms with Crippen LogP contribution in [0.1, 0.15) is 25.8 Å². The molecule has 0 aliphatic carbocycles. The lowest BCUT2D eigenvalue weighted by Gasteiger charge is -2.37. The second-order valence-corrected chi connectivity index (χ2v) is 8.01. The number of piperidine rings is 1. The Bertz CT molecular complexity index is 990. The van der Waals surface area contributed by atoms with Crippen LogP contribution in [0.2, 0.25) is 0 Å². The number of hydrogen-bond donors (Lipinski definition) is 0. The summed E-state index contributed by atoms with van der Waals surface area (Å²) in [4.78, 5) is 29.7. The molecule has 0 radical (unpaired) electrons. The largest absolute Gasteiger partial charge is 0.366 e. The van der Waals surface area contributed by atoms with Crippen molar-refractivity contribution in [3.63, 3.8) is 0 Å². The predicted molar refractivity (Wildman–Crippen MR) is 107 cm³/mol. The zero-order chi connectivity index (χ0) is 20.7. The summed E-state index contributed by atoms with van der Waals surface area (Å²) in [6.07, 6.45) is 1.05. The van der Waals surface area contributed by atoms with Crippen molar-refractivity contribution in [1.29, 1.82) is 0 Å². The van der Waals surface area contributed by atoms with Gasteiger partial charge >= 0.3 is 0 Å². The first-order valence-corrected chi connectivity index (χ1v) is 9.74. The summed E-state index contributed by atoms with van der Waals surface area (Å²) in [6, 6.07) is 11.0. The predicted octanol–water partition coefficient (Wildman–Crippen LogP) is 4.23. The van der Waals surface area contributed by atoms with E-state index in [1.54, 1.807) is 0 Å². The van der Waals surface area contributed by atoms with E-state index in [9.17, 15) is 18.4 Å². The van der Waals surface area contributed by atoms with E-state index < -0.39 is 23.4 Å². The normalized spacial score (nSPS) is 22.6. The van der Waals surface area contributed by atoms with Crippen LogP contribution < -0.4 is 4.90 Å². The van der Waals surface area contributed by atoms with Gasteiger partial charge in [0.25, 0.3) is 11.8 Å². The average Bonchev–Trinajstić information content (AvgIpc) is 2.92. The molecule has 2 heterocycles. The molecule has 1 saturated heterocycles. The molecule has 1 fully saturated rings. The van der Waals surface area contributed by atoms with Gasteiger partial charge in [-0.05, 0) is 54.2 Å². The number of imide groups is 1. The first kappa shape index (κ1) is 19.3. The van der Waals surface area contributed by atoms with Crippen LogP contribution in [0.4, 0.5) is 14.5 Å². The molecule has 2 aromatic carbocycles. The third kappa shape index (κ3) is 3.55. The molecule has 6 heteroatoms. The maximum Gasteiger partial charge on any atom is 0.282 e. The van der Waals surface area contributed by atoms with E-state index in [-0.39, 0.29) is 11.3 Å². The Morgan fingerprint density at radius 1 is 0.862 bits per heavy atom. The Balaban J connectivity index is 1.84. The SMILES string of the molecule is CC1CC(C)CN(C2=C(c3ccc(F)cc3)C(=O)N(c3cccc(F)c3)C2=O)C1. The van der Waals surface area contributed by atoms with Gasteiger partial charge in [0.2, 0.25) is 0 Å². The van der Waals surface area contributed by atoms with Crippen molar-refractivity contribution in [2.45, 2.75) is 20.3 Å². The minimum absolute atomic E-state index is 0.188. The zero-order valence-corrected chi connectivity index (χ0v) is 16.4. The Kier molecular flexibility index (Phi) is 4.94. The lowest BCUT2D eigenvalue weighted by atomic mass is 9.91. The number of rotatable bonds is 3. The van der Waals surface area contributed by atoms with Gasteiger partial charge in [-0.25, -0.2) is 13.7 Å². The fraction of sp³-hybridized carbons (Fsp3) is 0.304. The Hall–Kier alpha value is -3.02. The summed E-state index contributed by atoms with van der Waals surface area (Å²) in [5, 5.41) is 0. The quantitative estimate of drug-likeness (QED) is 0.729. The summed E-state index contributed by atoms with van der Waals surface area (Å²) < 4.78 is 27.2. The number of benzene rings is 2. The van der Waals surface area contributed by atoms with Crippen LogP contribution >= 0.6 is 0 Å². The molecule has 2 amide bonds. The van der Waals surface area contributed by atoms with Crippen LogP contribution in [0.5, 0.6) is 0 Å². The Morgan fingerprint density at radius 3 is 2.14 bits per heavy atom. The molecule has 0 N–H and O–H groups in total. The van der Waals surface area contributed by atoms with E-state index >= 15 is 0 Å². The van der Waals surface area contributed by atoms with E-state index in [2.05, 4.69) is 13.8 Å². The highest BCUT2D eigenvalue weighted by atomic mass is 19.1. The maximum absolute atomic E-state index is 13.8. The van der Waals surface area contributed by atoms with Gasteiger partial charge < -0.3 is 4.90 Å². The monoisotopic (exact) mass is 396 g/mol.